The molecule has 0 saturated heterocycles. The fraction of sp³-hybridized carbons (Fsp3) is 0.136. The van der Waals surface area contributed by atoms with Crippen LogP contribution in [0.1, 0.15) is 43.4 Å². The molecule has 228 valence electrons. The normalized spacial score (nSPS) is 13.2. The predicted octanol–water partition coefficient (Wildman–Crippen LogP) is 11.4. The lowest BCUT2D eigenvalue weighted by Gasteiger charge is -2.10. The van der Waals surface area contributed by atoms with Gasteiger partial charge in [-0.3, -0.25) is 0 Å². The van der Waals surface area contributed by atoms with Crippen LogP contribution in [0.5, 0.6) is 0 Å². The van der Waals surface area contributed by atoms with Gasteiger partial charge in [-0.05, 0) is 101 Å². The van der Waals surface area contributed by atoms with Crippen LogP contribution in [0.25, 0.3) is 49.9 Å². The van der Waals surface area contributed by atoms with Gasteiger partial charge < -0.3 is 10.3 Å². The lowest BCUT2D eigenvalue weighted by molar-refractivity contribution is 0.802. The van der Waals surface area contributed by atoms with Crippen molar-refractivity contribution in [2.75, 3.05) is 0 Å². The highest BCUT2D eigenvalue weighted by Gasteiger charge is 2.14. The lowest BCUT2D eigenvalue weighted by Crippen LogP contribution is -2.20. The molecule has 0 fully saturated rings. The van der Waals surface area contributed by atoms with E-state index in [1.165, 1.54) is 54.8 Å². The van der Waals surface area contributed by atoms with Crippen molar-refractivity contribution in [3.8, 4) is 5.69 Å². The van der Waals surface area contributed by atoms with Gasteiger partial charge in [-0.15, -0.1) is 0 Å². The summed E-state index contributed by atoms with van der Waals surface area (Å²) in [6.45, 7) is 8.32. The van der Waals surface area contributed by atoms with Crippen LogP contribution in [-0.2, 0) is 6.42 Å². The van der Waals surface area contributed by atoms with E-state index >= 15 is 0 Å². The monoisotopic (exact) mass is 598 g/mol. The van der Waals surface area contributed by atoms with Gasteiger partial charge in [0.1, 0.15) is 0 Å². The second kappa shape index (κ2) is 14.3. The smallest absolute Gasteiger partial charge is 0.0547 e. The summed E-state index contributed by atoms with van der Waals surface area (Å²) in [5.74, 6) is 0. The van der Waals surface area contributed by atoms with Gasteiger partial charge in [-0.25, -0.2) is 0 Å². The Balaban J connectivity index is 1.38. The first-order valence-corrected chi connectivity index (χ1v) is 16.3. The minimum atomic E-state index is -0.0556. The van der Waals surface area contributed by atoms with E-state index in [9.17, 15) is 0 Å². The standard InChI is InChI=1S/C44H42N2/c1-4-6-15-32(3)42(45)21-13-10-16-33-22-26-40-41-27-23-34(30-44(41)46(43(40)29-33)39-19-8-7-9-20-39)28-36(14-5-2)38-25-24-35-17-11-12-18-37(35)31-38/h5-15,17-20,22-31,42H,3-4,16,21,45H2,1-2H3/b13-10-,14-5-,15-6-,36-28+. The third-order valence-electron chi connectivity index (χ3n) is 8.58. The number of hydrogen-bond acceptors (Lipinski definition) is 1. The lowest BCUT2D eigenvalue weighted by atomic mass is 9.98. The maximum Gasteiger partial charge on any atom is 0.0547 e. The highest BCUT2D eigenvalue weighted by atomic mass is 15.0. The molecule has 0 radical (unpaired) electrons. The molecule has 46 heavy (non-hydrogen) atoms. The number of aromatic nitrogens is 1. The zero-order valence-electron chi connectivity index (χ0n) is 26.9. The molecule has 2 N–H and O–H groups in total. The Labute approximate surface area is 273 Å². The van der Waals surface area contributed by atoms with Crippen LogP contribution in [0.2, 0.25) is 0 Å². The fourth-order valence-corrected chi connectivity index (χ4v) is 6.12. The van der Waals surface area contributed by atoms with Crippen molar-refractivity contribution in [1.29, 1.82) is 0 Å². The molecule has 0 aliphatic carbocycles. The molecule has 0 spiro atoms. The van der Waals surface area contributed by atoms with Crippen LogP contribution in [0.4, 0.5) is 0 Å². The molecular weight excluding hydrogens is 556 g/mol. The van der Waals surface area contributed by atoms with E-state index in [0.717, 1.165) is 30.5 Å². The van der Waals surface area contributed by atoms with Crippen LogP contribution >= 0.6 is 0 Å². The van der Waals surface area contributed by atoms with Crippen molar-refractivity contribution in [2.45, 2.75) is 39.2 Å². The maximum atomic E-state index is 6.34. The van der Waals surface area contributed by atoms with Gasteiger partial charge >= 0.3 is 0 Å². The van der Waals surface area contributed by atoms with E-state index in [-0.39, 0.29) is 6.04 Å². The fourth-order valence-electron chi connectivity index (χ4n) is 6.12. The van der Waals surface area contributed by atoms with Gasteiger partial charge in [-0.1, -0.05) is 129 Å². The molecule has 5 aromatic carbocycles. The number of benzene rings is 5. The number of nitrogens with zero attached hydrogens (tertiary/aromatic N) is 1. The topological polar surface area (TPSA) is 30.9 Å². The number of para-hydroxylation sites is 1. The van der Waals surface area contributed by atoms with E-state index in [1.54, 1.807) is 0 Å². The van der Waals surface area contributed by atoms with Crippen molar-refractivity contribution < 1.29 is 0 Å². The molecule has 0 bridgehead atoms. The molecule has 1 atom stereocenters. The first-order chi connectivity index (χ1) is 22.6. The molecular formula is C44H42N2. The van der Waals surface area contributed by atoms with Crippen molar-refractivity contribution in [3.05, 3.63) is 174 Å². The molecule has 0 saturated carbocycles. The number of fused-ring (bicyclic) bond motifs is 4. The Bertz CT molecular complexity index is 2120. The molecule has 1 aromatic heterocycles. The van der Waals surface area contributed by atoms with Gasteiger partial charge in [0.25, 0.3) is 0 Å². The van der Waals surface area contributed by atoms with Crippen LogP contribution < -0.4 is 5.73 Å². The van der Waals surface area contributed by atoms with Crippen LogP contribution in [-0.4, -0.2) is 10.6 Å². The summed E-state index contributed by atoms with van der Waals surface area (Å²) in [4.78, 5) is 0. The minimum Gasteiger partial charge on any atom is -0.324 e. The molecule has 2 heteroatoms. The number of allylic oxidation sites excluding steroid dienone is 5. The maximum absolute atomic E-state index is 6.34. The van der Waals surface area contributed by atoms with E-state index in [0.29, 0.717) is 0 Å². The van der Waals surface area contributed by atoms with Gasteiger partial charge in [-0.2, -0.15) is 0 Å². The molecule has 1 heterocycles. The number of hydrogen-bond donors (Lipinski definition) is 1. The summed E-state index contributed by atoms with van der Waals surface area (Å²) < 4.78 is 2.40. The molecule has 0 amide bonds. The predicted molar refractivity (Wildman–Crippen MR) is 201 cm³/mol. The van der Waals surface area contributed by atoms with E-state index in [1.807, 2.05) is 6.08 Å². The Kier molecular flexibility index (Phi) is 9.57. The van der Waals surface area contributed by atoms with E-state index in [4.69, 9.17) is 5.73 Å². The SMILES string of the molecule is C=C(/C=C\CC)C(N)C/C=C\Cc1ccc2c3ccc(/C=C(\C=C/C)c4ccc5ccccc5c4)cc3n(-c3ccccc3)c2c1. The second-order valence-corrected chi connectivity index (χ2v) is 11.9. The quantitative estimate of drug-likeness (QED) is 0.0897. The molecule has 0 aliphatic rings. The Hall–Kier alpha value is -5.18. The average molecular weight is 599 g/mol. The highest BCUT2D eigenvalue weighted by molar-refractivity contribution is 6.10. The van der Waals surface area contributed by atoms with Gasteiger partial charge in [0.05, 0.1) is 11.0 Å². The van der Waals surface area contributed by atoms with Crippen LogP contribution in [0.3, 0.4) is 0 Å². The summed E-state index contributed by atoms with van der Waals surface area (Å²) >= 11 is 0. The first kappa shape index (κ1) is 30.8. The van der Waals surface area contributed by atoms with Crippen molar-refractivity contribution in [3.63, 3.8) is 0 Å². The van der Waals surface area contributed by atoms with Gasteiger partial charge in [0.2, 0.25) is 0 Å². The van der Waals surface area contributed by atoms with Crippen molar-refractivity contribution in [1.82, 2.24) is 4.57 Å². The summed E-state index contributed by atoms with van der Waals surface area (Å²) in [6.07, 6.45) is 17.8. The number of rotatable bonds is 11. The zero-order chi connectivity index (χ0) is 31.9. The number of nitrogens with two attached hydrogens (primary N) is 1. The second-order valence-electron chi connectivity index (χ2n) is 11.9. The summed E-state index contributed by atoms with van der Waals surface area (Å²) in [7, 11) is 0. The first-order valence-electron chi connectivity index (χ1n) is 16.3. The zero-order valence-corrected chi connectivity index (χ0v) is 26.9. The average Bonchev–Trinajstić information content (AvgIpc) is 3.41. The van der Waals surface area contributed by atoms with E-state index in [2.05, 4.69) is 171 Å². The molecule has 1 unspecified atom stereocenters. The van der Waals surface area contributed by atoms with Crippen LogP contribution in [0, 0.1) is 0 Å². The summed E-state index contributed by atoms with van der Waals surface area (Å²) in [6, 6.07) is 39.6. The Morgan fingerprint density at radius 1 is 0.761 bits per heavy atom. The van der Waals surface area contributed by atoms with Crippen LogP contribution in [0.15, 0.2) is 158 Å². The van der Waals surface area contributed by atoms with Crippen molar-refractivity contribution in [2.24, 2.45) is 5.73 Å². The third kappa shape index (κ3) is 6.73. The largest absolute Gasteiger partial charge is 0.324 e. The molecule has 0 aliphatic heterocycles. The summed E-state index contributed by atoms with van der Waals surface area (Å²) in [5.41, 5.74) is 15.7. The molecule has 6 aromatic rings. The van der Waals surface area contributed by atoms with Gasteiger partial charge in [0.15, 0.2) is 0 Å². The minimum absolute atomic E-state index is 0.0556. The Morgan fingerprint density at radius 3 is 2.28 bits per heavy atom. The highest BCUT2D eigenvalue weighted by Crippen LogP contribution is 2.34. The van der Waals surface area contributed by atoms with Crippen molar-refractivity contribution >= 4 is 44.2 Å². The van der Waals surface area contributed by atoms with E-state index < -0.39 is 0 Å². The summed E-state index contributed by atoms with van der Waals surface area (Å²) in [5, 5.41) is 5.01. The molecule has 6 rings (SSSR count). The van der Waals surface area contributed by atoms with Gasteiger partial charge in [0, 0.05) is 22.5 Å². The Morgan fingerprint density at radius 2 is 1.50 bits per heavy atom. The third-order valence-corrected chi connectivity index (χ3v) is 8.58. The molecule has 2 nitrogen and oxygen atoms in total.